The second-order valence-electron chi connectivity index (χ2n) is 5.16. The number of para-hydroxylation sites is 1. The van der Waals surface area contributed by atoms with Gasteiger partial charge in [-0.2, -0.15) is 0 Å². The number of halogens is 1. The van der Waals surface area contributed by atoms with Crippen LogP contribution in [0.2, 0.25) is 4.34 Å². The first kappa shape index (κ1) is 12.5. The Morgan fingerprint density at radius 1 is 1.20 bits per heavy atom. The van der Waals surface area contributed by atoms with Gasteiger partial charge in [0, 0.05) is 28.0 Å². The minimum Gasteiger partial charge on any atom is -0.338 e. The van der Waals surface area contributed by atoms with Gasteiger partial charge >= 0.3 is 0 Å². The van der Waals surface area contributed by atoms with Gasteiger partial charge in [0.25, 0.3) is 0 Å². The molecule has 0 radical (unpaired) electrons. The van der Waals surface area contributed by atoms with Crippen LogP contribution in [-0.2, 0) is 19.5 Å². The van der Waals surface area contributed by atoms with Gasteiger partial charge in [-0.05, 0) is 36.7 Å². The lowest BCUT2D eigenvalue weighted by Crippen LogP contribution is -2.25. The number of aromatic nitrogens is 1. The first-order chi connectivity index (χ1) is 9.83. The quantitative estimate of drug-likeness (QED) is 0.755. The van der Waals surface area contributed by atoms with E-state index in [9.17, 15) is 0 Å². The van der Waals surface area contributed by atoms with E-state index in [0.717, 1.165) is 30.4 Å². The summed E-state index contributed by atoms with van der Waals surface area (Å²) in [4.78, 5) is 1.31. The van der Waals surface area contributed by atoms with Gasteiger partial charge in [-0.15, -0.1) is 11.3 Å². The maximum Gasteiger partial charge on any atom is 0.0931 e. The van der Waals surface area contributed by atoms with E-state index in [2.05, 4.69) is 40.2 Å². The molecule has 0 spiro atoms. The highest BCUT2D eigenvalue weighted by Gasteiger charge is 2.19. The molecule has 0 atom stereocenters. The average Bonchev–Trinajstić information content (AvgIpc) is 3.03. The number of rotatable bonds is 2. The Balaban J connectivity index is 1.89. The van der Waals surface area contributed by atoms with Crippen LogP contribution in [0.3, 0.4) is 0 Å². The van der Waals surface area contributed by atoms with Gasteiger partial charge in [-0.25, -0.2) is 0 Å². The molecule has 0 fully saturated rings. The molecule has 0 aliphatic carbocycles. The summed E-state index contributed by atoms with van der Waals surface area (Å²) in [6.45, 7) is 2.95. The van der Waals surface area contributed by atoms with Crippen LogP contribution >= 0.6 is 22.9 Å². The monoisotopic (exact) mass is 302 g/mol. The van der Waals surface area contributed by atoms with Crippen molar-refractivity contribution in [2.45, 2.75) is 19.5 Å². The molecule has 0 saturated carbocycles. The van der Waals surface area contributed by atoms with E-state index in [1.165, 1.54) is 27.0 Å². The Bertz CT molecular complexity index is 772. The summed E-state index contributed by atoms with van der Waals surface area (Å²) in [6.07, 6.45) is 1.12. The highest BCUT2D eigenvalue weighted by molar-refractivity contribution is 7.16. The lowest BCUT2D eigenvalue weighted by molar-refractivity contribution is 0.604. The van der Waals surface area contributed by atoms with Gasteiger partial charge in [0.05, 0.1) is 10.9 Å². The van der Waals surface area contributed by atoms with E-state index in [0.29, 0.717) is 0 Å². The molecule has 0 amide bonds. The van der Waals surface area contributed by atoms with Crippen molar-refractivity contribution in [3.05, 3.63) is 56.9 Å². The summed E-state index contributed by atoms with van der Waals surface area (Å²) in [5, 5.41) is 4.90. The van der Waals surface area contributed by atoms with Crippen molar-refractivity contribution in [3.63, 3.8) is 0 Å². The molecular formula is C16H15ClN2S. The Morgan fingerprint density at radius 3 is 2.95 bits per heavy atom. The minimum atomic E-state index is 0.864. The van der Waals surface area contributed by atoms with Gasteiger partial charge in [-0.3, -0.25) is 0 Å². The van der Waals surface area contributed by atoms with E-state index in [-0.39, 0.29) is 0 Å². The van der Waals surface area contributed by atoms with Crippen LogP contribution in [0.5, 0.6) is 0 Å². The lowest BCUT2D eigenvalue weighted by atomic mass is 10.1. The summed E-state index contributed by atoms with van der Waals surface area (Å²) < 4.78 is 3.31. The third kappa shape index (κ3) is 1.97. The third-order valence-electron chi connectivity index (χ3n) is 3.98. The average molecular weight is 303 g/mol. The maximum absolute atomic E-state index is 6.06. The number of nitrogens with zero attached hydrogens (tertiary/aromatic N) is 1. The largest absolute Gasteiger partial charge is 0.338 e. The molecular weight excluding hydrogens is 288 g/mol. The third-order valence-corrected chi connectivity index (χ3v) is 5.20. The van der Waals surface area contributed by atoms with Crippen LogP contribution in [0.15, 0.2) is 36.4 Å². The minimum absolute atomic E-state index is 0.864. The number of hydrogen-bond acceptors (Lipinski definition) is 2. The molecule has 102 valence electrons. The highest BCUT2D eigenvalue weighted by atomic mass is 35.5. The predicted octanol–water partition coefficient (Wildman–Crippen LogP) is 4.05. The van der Waals surface area contributed by atoms with Gasteiger partial charge in [0.2, 0.25) is 0 Å². The normalized spacial score (nSPS) is 14.7. The molecule has 20 heavy (non-hydrogen) atoms. The molecule has 1 aliphatic rings. The fourth-order valence-electron chi connectivity index (χ4n) is 3.10. The Morgan fingerprint density at radius 2 is 2.10 bits per heavy atom. The van der Waals surface area contributed by atoms with Crippen LogP contribution in [0.1, 0.15) is 16.1 Å². The van der Waals surface area contributed by atoms with Crippen molar-refractivity contribution in [1.29, 1.82) is 0 Å². The fraction of sp³-hybridized carbons (Fsp3) is 0.250. The molecule has 4 heteroatoms. The van der Waals surface area contributed by atoms with Crippen LogP contribution in [0.25, 0.3) is 10.9 Å². The van der Waals surface area contributed by atoms with Gasteiger partial charge in [0.15, 0.2) is 0 Å². The summed E-state index contributed by atoms with van der Waals surface area (Å²) in [5.41, 5.74) is 4.29. The first-order valence-electron chi connectivity index (χ1n) is 6.87. The molecule has 0 saturated heterocycles. The molecule has 2 aromatic heterocycles. The van der Waals surface area contributed by atoms with Crippen molar-refractivity contribution >= 4 is 33.8 Å². The highest BCUT2D eigenvalue weighted by Crippen LogP contribution is 2.31. The topological polar surface area (TPSA) is 17.0 Å². The standard InChI is InChI=1S/C16H15ClN2S/c17-16-6-5-11(20-16)10-19-14-4-2-1-3-12(14)13-7-8-18-9-15(13)19/h1-6,18H,7-10H2. The van der Waals surface area contributed by atoms with E-state index in [1.807, 2.05) is 6.07 Å². The maximum atomic E-state index is 6.06. The van der Waals surface area contributed by atoms with Crippen molar-refractivity contribution in [3.8, 4) is 0 Å². The van der Waals surface area contributed by atoms with Crippen LogP contribution in [0, 0.1) is 0 Å². The van der Waals surface area contributed by atoms with Crippen LogP contribution in [-0.4, -0.2) is 11.1 Å². The number of hydrogen-bond donors (Lipinski definition) is 1. The Kier molecular flexibility index (Phi) is 3.06. The molecule has 1 aromatic carbocycles. The molecule has 1 N–H and O–H groups in total. The molecule has 4 rings (SSSR count). The van der Waals surface area contributed by atoms with Crippen LogP contribution < -0.4 is 5.32 Å². The van der Waals surface area contributed by atoms with Gasteiger partial charge in [-0.1, -0.05) is 29.8 Å². The lowest BCUT2D eigenvalue weighted by Gasteiger charge is -2.16. The zero-order valence-electron chi connectivity index (χ0n) is 11.0. The number of benzene rings is 1. The van der Waals surface area contributed by atoms with Crippen molar-refractivity contribution in [2.75, 3.05) is 6.54 Å². The number of fused-ring (bicyclic) bond motifs is 3. The second kappa shape index (κ2) is 4.92. The van der Waals surface area contributed by atoms with E-state index < -0.39 is 0 Å². The zero-order chi connectivity index (χ0) is 13.5. The van der Waals surface area contributed by atoms with E-state index in [1.54, 1.807) is 11.3 Å². The zero-order valence-corrected chi connectivity index (χ0v) is 12.6. The van der Waals surface area contributed by atoms with E-state index >= 15 is 0 Å². The van der Waals surface area contributed by atoms with Crippen molar-refractivity contribution in [1.82, 2.24) is 9.88 Å². The summed E-state index contributed by atoms with van der Waals surface area (Å²) in [6, 6.07) is 12.8. The Labute approximate surface area is 127 Å². The van der Waals surface area contributed by atoms with Gasteiger partial charge < -0.3 is 9.88 Å². The smallest absolute Gasteiger partial charge is 0.0931 e. The molecule has 0 bridgehead atoms. The summed E-state index contributed by atoms with van der Waals surface area (Å²) in [7, 11) is 0. The Hall–Kier alpha value is -1.29. The number of nitrogens with one attached hydrogen (secondary N) is 1. The molecule has 0 unspecified atom stereocenters. The van der Waals surface area contributed by atoms with Crippen molar-refractivity contribution < 1.29 is 0 Å². The molecule has 3 heterocycles. The summed E-state index contributed by atoms with van der Waals surface area (Å²) in [5.74, 6) is 0. The molecule has 1 aliphatic heterocycles. The second-order valence-corrected chi connectivity index (χ2v) is 6.96. The van der Waals surface area contributed by atoms with E-state index in [4.69, 9.17) is 11.6 Å². The predicted molar refractivity (Wildman–Crippen MR) is 85.8 cm³/mol. The fourth-order valence-corrected chi connectivity index (χ4v) is 4.18. The summed E-state index contributed by atoms with van der Waals surface area (Å²) >= 11 is 7.73. The van der Waals surface area contributed by atoms with Gasteiger partial charge in [0.1, 0.15) is 0 Å². The number of thiophene rings is 1. The first-order valence-corrected chi connectivity index (χ1v) is 8.06. The molecule has 3 aromatic rings. The molecule has 2 nitrogen and oxygen atoms in total. The SMILES string of the molecule is Clc1ccc(Cn2c3c(c4ccccc42)CCNC3)s1. The van der Waals surface area contributed by atoms with Crippen LogP contribution in [0.4, 0.5) is 0 Å². The van der Waals surface area contributed by atoms with Crippen molar-refractivity contribution in [2.24, 2.45) is 0 Å².